The van der Waals surface area contributed by atoms with Gasteiger partial charge in [0.05, 0.1) is 0 Å². The standard InChI is InChI=1S/C12H18N6O2/c1-6-4-18(5-7(6)13)11-14-8-9(15-11)16(2)12(20)17(3)10(8)19/h6-7H,4-5,13H2,1-3H3,(H,14,15). The van der Waals surface area contributed by atoms with Crippen LogP contribution in [0.25, 0.3) is 11.2 Å². The number of aromatic nitrogens is 4. The lowest BCUT2D eigenvalue weighted by Gasteiger charge is -2.13. The SMILES string of the molecule is CC1CN(c2nc3c([nH]2)c(=O)n(C)c(=O)n3C)CC1N. The first-order valence-electron chi connectivity index (χ1n) is 6.56. The minimum absolute atomic E-state index is 0.0925. The molecule has 0 amide bonds. The van der Waals surface area contributed by atoms with Crippen LogP contribution in [-0.4, -0.2) is 38.2 Å². The Balaban J connectivity index is 2.17. The molecule has 3 rings (SSSR count). The van der Waals surface area contributed by atoms with Crippen LogP contribution in [0.5, 0.6) is 0 Å². The molecule has 3 N–H and O–H groups in total. The van der Waals surface area contributed by atoms with Gasteiger partial charge in [0.1, 0.15) is 0 Å². The molecule has 0 aromatic carbocycles. The van der Waals surface area contributed by atoms with Gasteiger partial charge in [-0.25, -0.2) is 4.79 Å². The van der Waals surface area contributed by atoms with Gasteiger partial charge in [0.15, 0.2) is 11.2 Å². The van der Waals surface area contributed by atoms with E-state index in [0.717, 1.165) is 11.1 Å². The fourth-order valence-electron chi connectivity index (χ4n) is 2.63. The van der Waals surface area contributed by atoms with Crippen LogP contribution >= 0.6 is 0 Å². The second kappa shape index (κ2) is 4.20. The lowest BCUT2D eigenvalue weighted by molar-refractivity contribution is 0.566. The van der Waals surface area contributed by atoms with Gasteiger partial charge in [0.2, 0.25) is 5.95 Å². The molecule has 2 atom stereocenters. The van der Waals surface area contributed by atoms with E-state index >= 15 is 0 Å². The summed E-state index contributed by atoms with van der Waals surface area (Å²) in [6, 6.07) is 0.0925. The molecule has 1 fully saturated rings. The Labute approximate surface area is 114 Å². The zero-order valence-corrected chi connectivity index (χ0v) is 11.8. The number of nitrogens with two attached hydrogens (primary N) is 1. The van der Waals surface area contributed by atoms with Crippen molar-refractivity contribution in [3.05, 3.63) is 20.8 Å². The summed E-state index contributed by atoms with van der Waals surface area (Å²) in [5, 5.41) is 0. The van der Waals surface area contributed by atoms with Gasteiger partial charge in [-0.3, -0.25) is 13.9 Å². The lowest BCUT2D eigenvalue weighted by Crippen LogP contribution is -2.36. The molecule has 0 spiro atoms. The number of aromatic amines is 1. The highest BCUT2D eigenvalue weighted by atomic mass is 16.2. The van der Waals surface area contributed by atoms with E-state index < -0.39 is 0 Å². The van der Waals surface area contributed by atoms with Crippen molar-refractivity contribution in [2.75, 3.05) is 18.0 Å². The quantitative estimate of drug-likeness (QED) is 0.678. The van der Waals surface area contributed by atoms with E-state index in [1.54, 1.807) is 7.05 Å². The Morgan fingerprint density at radius 3 is 2.55 bits per heavy atom. The van der Waals surface area contributed by atoms with Crippen molar-refractivity contribution < 1.29 is 0 Å². The summed E-state index contributed by atoms with van der Waals surface area (Å²) in [4.78, 5) is 33.4. The van der Waals surface area contributed by atoms with Crippen molar-refractivity contribution in [2.45, 2.75) is 13.0 Å². The second-order valence-corrected chi connectivity index (χ2v) is 5.51. The molecule has 1 aliphatic rings. The number of imidazole rings is 1. The van der Waals surface area contributed by atoms with Crippen LogP contribution in [0.2, 0.25) is 0 Å². The highest BCUT2D eigenvalue weighted by molar-refractivity contribution is 5.73. The molecule has 1 aliphatic heterocycles. The van der Waals surface area contributed by atoms with Gasteiger partial charge in [-0.15, -0.1) is 0 Å². The van der Waals surface area contributed by atoms with Crippen molar-refractivity contribution in [3.63, 3.8) is 0 Å². The van der Waals surface area contributed by atoms with E-state index in [-0.39, 0.29) is 17.3 Å². The molecule has 20 heavy (non-hydrogen) atoms. The molecular formula is C12H18N6O2. The van der Waals surface area contributed by atoms with Crippen molar-refractivity contribution in [1.29, 1.82) is 0 Å². The molecule has 1 saturated heterocycles. The molecule has 2 aromatic rings. The maximum absolute atomic E-state index is 12.1. The molecule has 2 aromatic heterocycles. The average molecular weight is 278 g/mol. The van der Waals surface area contributed by atoms with Crippen LogP contribution in [0, 0.1) is 5.92 Å². The maximum atomic E-state index is 12.1. The average Bonchev–Trinajstić information content (AvgIpc) is 2.99. The monoisotopic (exact) mass is 278 g/mol. The van der Waals surface area contributed by atoms with Crippen LogP contribution in [0.15, 0.2) is 9.59 Å². The first kappa shape index (κ1) is 12.9. The van der Waals surface area contributed by atoms with Gasteiger partial charge >= 0.3 is 5.69 Å². The topological polar surface area (TPSA) is 102 Å². The highest BCUT2D eigenvalue weighted by Gasteiger charge is 2.29. The van der Waals surface area contributed by atoms with Gasteiger partial charge in [0, 0.05) is 33.2 Å². The molecule has 0 radical (unpaired) electrons. The maximum Gasteiger partial charge on any atom is 0.332 e. The predicted molar refractivity (Wildman–Crippen MR) is 75.9 cm³/mol. The predicted octanol–water partition coefficient (Wildman–Crippen LogP) is -1.26. The smallest absolute Gasteiger partial charge is 0.332 e. The van der Waals surface area contributed by atoms with E-state index in [9.17, 15) is 9.59 Å². The first-order valence-corrected chi connectivity index (χ1v) is 6.56. The first-order chi connectivity index (χ1) is 9.40. The number of hydrogen-bond donors (Lipinski definition) is 2. The summed E-state index contributed by atoms with van der Waals surface area (Å²) in [5.41, 5.74) is 5.98. The van der Waals surface area contributed by atoms with E-state index in [2.05, 4.69) is 16.9 Å². The minimum atomic E-state index is -0.382. The molecule has 108 valence electrons. The van der Waals surface area contributed by atoms with E-state index in [1.807, 2.05) is 4.90 Å². The third-order valence-corrected chi connectivity index (χ3v) is 4.05. The number of aryl methyl sites for hydroxylation is 1. The van der Waals surface area contributed by atoms with E-state index in [0.29, 0.717) is 29.6 Å². The highest BCUT2D eigenvalue weighted by Crippen LogP contribution is 2.21. The lowest BCUT2D eigenvalue weighted by atomic mass is 10.1. The Bertz CT molecular complexity index is 776. The van der Waals surface area contributed by atoms with Crippen LogP contribution in [-0.2, 0) is 14.1 Å². The van der Waals surface area contributed by atoms with Gasteiger partial charge < -0.3 is 15.6 Å². The zero-order chi connectivity index (χ0) is 14.6. The fraction of sp³-hybridized carbons (Fsp3) is 0.583. The van der Waals surface area contributed by atoms with E-state index in [1.165, 1.54) is 11.6 Å². The largest absolute Gasteiger partial charge is 0.340 e. The Hall–Kier alpha value is -2.09. The minimum Gasteiger partial charge on any atom is -0.340 e. The van der Waals surface area contributed by atoms with Gasteiger partial charge in [0.25, 0.3) is 5.56 Å². The number of H-pyrrole nitrogens is 1. The Kier molecular flexibility index (Phi) is 2.72. The molecule has 8 heteroatoms. The van der Waals surface area contributed by atoms with Crippen molar-refractivity contribution >= 4 is 17.1 Å². The molecule has 0 aliphatic carbocycles. The van der Waals surface area contributed by atoms with Crippen LogP contribution < -0.4 is 21.9 Å². The number of fused-ring (bicyclic) bond motifs is 1. The second-order valence-electron chi connectivity index (χ2n) is 5.51. The van der Waals surface area contributed by atoms with Crippen molar-refractivity contribution in [2.24, 2.45) is 25.7 Å². The van der Waals surface area contributed by atoms with Crippen molar-refractivity contribution in [3.8, 4) is 0 Å². The summed E-state index contributed by atoms with van der Waals surface area (Å²) in [6.45, 7) is 3.56. The Morgan fingerprint density at radius 1 is 1.25 bits per heavy atom. The number of rotatable bonds is 1. The molecule has 3 heterocycles. The van der Waals surface area contributed by atoms with Crippen molar-refractivity contribution in [1.82, 2.24) is 19.1 Å². The Morgan fingerprint density at radius 2 is 1.95 bits per heavy atom. The van der Waals surface area contributed by atoms with E-state index in [4.69, 9.17) is 5.73 Å². The number of hydrogen-bond acceptors (Lipinski definition) is 5. The fourth-order valence-corrected chi connectivity index (χ4v) is 2.63. The van der Waals surface area contributed by atoms with Gasteiger partial charge in [-0.05, 0) is 5.92 Å². The summed E-state index contributed by atoms with van der Waals surface area (Å²) >= 11 is 0. The summed E-state index contributed by atoms with van der Waals surface area (Å²) in [5.74, 6) is 0.966. The summed E-state index contributed by atoms with van der Waals surface area (Å²) < 4.78 is 2.44. The number of nitrogens with one attached hydrogen (secondary N) is 1. The molecular weight excluding hydrogens is 260 g/mol. The summed E-state index contributed by atoms with van der Waals surface area (Å²) in [7, 11) is 3.06. The molecule has 0 saturated carbocycles. The zero-order valence-electron chi connectivity index (χ0n) is 11.8. The number of anilines is 1. The van der Waals surface area contributed by atoms with Crippen LogP contribution in [0.3, 0.4) is 0 Å². The van der Waals surface area contributed by atoms with Gasteiger partial charge in [-0.2, -0.15) is 4.98 Å². The molecule has 0 bridgehead atoms. The normalized spacial score (nSPS) is 22.9. The van der Waals surface area contributed by atoms with Crippen LogP contribution in [0.1, 0.15) is 6.92 Å². The van der Waals surface area contributed by atoms with Gasteiger partial charge in [-0.1, -0.05) is 6.92 Å². The third-order valence-electron chi connectivity index (χ3n) is 4.05. The molecule has 2 unspecified atom stereocenters. The number of nitrogens with zero attached hydrogens (tertiary/aromatic N) is 4. The van der Waals surface area contributed by atoms with Crippen LogP contribution in [0.4, 0.5) is 5.95 Å². The summed E-state index contributed by atoms with van der Waals surface area (Å²) in [6.07, 6.45) is 0. The molecule has 8 nitrogen and oxygen atoms in total. The third kappa shape index (κ3) is 1.68.